The molecule has 3 saturated carbocycles. The summed E-state index contributed by atoms with van der Waals surface area (Å²) in [6.45, 7) is 6.05. The van der Waals surface area contributed by atoms with Gasteiger partial charge >= 0.3 is 6.09 Å². The number of cyclic esters (lactones) is 1. The van der Waals surface area contributed by atoms with Crippen LogP contribution in [0.2, 0.25) is 0 Å². The lowest BCUT2D eigenvalue weighted by Crippen LogP contribution is -2.59. The first kappa shape index (κ1) is 41.5. The van der Waals surface area contributed by atoms with Crippen molar-refractivity contribution in [3.8, 4) is 22.8 Å². The quantitative estimate of drug-likeness (QED) is 0.230. The number of methoxy groups -OCH3 is 1. The minimum atomic E-state index is -3.91. The number of carbonyl (C=O) groups is 4. The van der Waals surface area contributed by atoms with E-state index >= 15 is 0 Å². The number of fused-ring (bicyclic) bond motifs is 3. The first-order chi connectivity index (χ1) is 28.9. The fourth-order valence-corrected chi connectivity index (χ4v) is 10.6. The van der Waals surface area contributed by atoms with Crippen molar-refractivity contribution in [3.63, 3.8) is 0 Å². The Morgan fingerprint density at radius 1 is 1.03 bits per heavy atom. The summed E-state index contributed by atoms with van der Waals surface area (Å²) < 4.78 is 46.4. The van der Waals surface area contributed by atoms with Crippen LogP contribution in [-0.2, 0) is 35.6 Å². The summed E-state index contributed by atoms with van der Waals surface area (Å²) in [6.07, 6.45) is 7.84. The van der Waals surface area contributed by atoms with Crippen LogP contribution in [0.15, 0.2) is 61.2 Å². The van der Waals surface area contributed by atoms with Gasteiger partial charge in [-0.25, -0.2) is 18.2 Å². The number of nitrogens with one attached hydrogen (secondary N) is 3. The molecule has 3 aliphatic carbocycles. The van der Waals surface area contributed by atoms with Crippen LogP contribution in [0.5, 0.6) is 11.5 Å². The van der Waals surface area contributed by atoms with Gasteiger partial charge < -0.3 is 29.7 Å². The highest BCUT2D eigenvalue weighted by Gasteiger charge is 2.62. The van der Waals surface area contributed by atoms with Crippen LogP contribution in [0.25, 0.3) is 22.2 Å². The van der Waals surface area contributed by atoms with Crippen LogP contribution < -0.4 is 24.8 Å². The molecule has 0 spiro atoms. The standard InChI is InChI=1S/C45H55N5O9S/c1-4-31-24-45(31,43(53)49-60(55,56)33-18-19-33)48-41(51)37-21-32-25-50(37)42(52)40(29-15-10-11-16-29)47-44(54)58-26-27(2)12-8-9-17-30-20-34-36(23-38(30)57-3)46-35(22-39(34)59-32)28-13-6-5-7-14-28/h4-7,13-14,20,22-23,27,29,31-33,37,40H,1,8-12,15-19,21,24-26H2,2-3H3,(H,47,54)(H,48,51)(H,49,53)/t27?,31-,32-,37+,40+,45-/m1/s1. The highest BCUT2D eigenvalue weighted by atomic mass is 32.2. The third-order valence-corrected chi connectivity index (χ3v) is 14.8. The van der Waals surface area contributed by atoms with Crippen LogP contribution >= 0.6 is 0 Å². The van der Waals surface area contributed by atoms with Crippen molar-refractivity contribution in [1.29, 1.82) is 0 Å². The molecule has 6 atom stereocenters. The Bertz CT molecular complexity index is 2260. The van der Waals surface area contributed by atoms with Crippen molar-refractivity contribution in [1.82, 2.24) is 25.2 Å². The Morgan fingerprint density at radius 2 is 1.78 bits per heavy atom. The van der Waals surface area contributed by atoms with Gasteiger partial charge in [0, 0.05) is 35.4 Å². The van der Waals surface area contributed by atoms with Gasteiger partial charge in [-0.3, -0.25) is 19.1 Å². The summed E-state index contributed by atoms with van der Waals surface area (Å²) in [5.41, 5.74) is 1.63. The number of nitrogens with zero attached hydrogens (tertiary/aromatic N) is 2. The number of aryl methyl sites for hydroxylation is 1. The number of carbonyl (C=O) groups excluding carboxylic acids is 4. The van der Waals surface area contributed by atoms with Crippen LogP contribution in [0, 0.1) is 17.8 Å². The first-order valence-corrected chi connectivity index (χ1v) is 22.9. The van der Waals surface area contributed by atoms with E-state index in [-0.39, 0.29) is 37.8 Å². The Hall–Kier alpha value is -5.18. The van der Waals surface area contributed by atoms with E-state index < -0.39 is 68.7 Å². The summed E-state index contributed by atoms with van der Waals surface area (Å²) >= 11 is 0. The predicted molar refractivity (Wildman–Crippen MR) is 224 cm³/mol. The topological polar surface area (TPSA) is 182 Å². The van der Waals surface area contributed by atoms with Gasteiger partial charge in [-0.15, -0.1) is 6.58 Å². The van der Waals surface area contributed by atoms with Gasteiger partial charge in [0.1, 0.15) is 35.2 Å². The summed E-state index contributed by atoms with van der Waals surface area (Å²) in [4.78, 5) is 63.1. The molecule has 2 aromatic carbocycles. The Labute approximate surface area is 351 Å². The maximum atomic E-state index is 14.9. The summed E-state index contributed by atoms with van der Waals surface area (Å²) in [5.74, 6) is -1.28. The van der Waals surface area contributed by atoms with Gasteiger partial charge in [-0.05, 0) is 74.8 Å². The molecule has 1 aromatic heterocycles. The number of aromatic nitrogens is 1. The lowest BCUT2D eigenvalue weighted by molar-refractivity contribution is -0.142. The fraction of sp³-hybridized carbons (Fsp3) is 0.533. The summed E-state index contributed by atoms with van der Waals surface area (Å²) in [6, 6.07) is 13.5. The molecule has 2 aliphatic heterocycles. The smallest absolute Gasteiger partial charge is 0.407 e. The zero-order valence-corrected chi connectivity index (χ0v) is 35.1. The van der Waals surface area contributed by atoms with Gasteiger partial charge in [0.25, 0.3) is 5.91 Å². The molecule has 1 saturated heterocycles. The van der Waals surface area contributed by atoms with Gasteiger partial charge in [-0.2, -0.15) is 0 Å². The third kappa shape index (κ3) is 8.68. The molecule has 320 valence electrons. The van der Waals surface area contributed by atoms with Crippen molar-refractivity contribution in [2.75, 3.05) is 20.3 Å². The van der Waals surface area contributed by atoms with Gasteiger partial charge in [0.15, 0.2) is 0 Å². The highest BCUT2D eigenvalue weighted by Crippen LogP contribution is 2.46. The average molecular weight is 842 g/mol. The normalized spacial score (nSPS) is 27.8. The lowest BCUT2D eigenvalue weighted by atomic mass is 9.96. The monoisotopic (exact) mass is 841 g/mol. The first-order valence-electron chi connectivity index (χ1n) is 21.4. The zero-order chi connectivity index (χ0) is 42.2. The fourth-order valence-electron chi connectivity index (χ4n) is 9.21. The number of hydrogen-bond acceptors (Lipinski definition) is 10. The SMILES string of the molecule is C=C[C@@H]1C[C@]1(NC(=O)[C@@H]1C[C@@H]2CN1C(=O)[C@H](C1CCCC1)NC(=O)OCC(C)CCCCc1cc3c(cc(-c4ccccc4)nc3cc1OC)O2)C(=O)NS(=O)(=O)C1CC1. The number of pyridine rings is 1. The van der Waals surface area contributed by atoms with Crippen LogP contribution in [0.4, 0.5) is 4.79 Å². The number of alkyl carbamates (subject to hydrolysis) is 1. The molecule has 15 heteroatoms. The largest absolute Gasteiger partial charge is 0.496 e. The zero-order valence-electron chi connectivity index (χ0n) is 34.3. The molecule has 14 nitrogen and oxygen atoms in total. The van der Waals surface area contributed by atoms with E-state index in [0.29, 0.717) is 48.4 Å². The maximum Gasteiger partial charge on any atom is 0.407 e. The molecular weight excluding hydrogens is 787 g/mol. The molecule has 1 unspecified atom stereocenters. The number of hydrogen-bond donors (Lipinski definition) is 3. The molecule has 5 aliphatic rings. The van der Waals surface area contributed by atoms with E-state index in [0.717, 1.165) is 55.0 Å². The van der Waals surface area contributed by atoms with E-state index in [2.05, 4.69) is 21.9 Å². The minimum absolute atomic E-state index is 0.00153. The second kappa shape index (κ2) is 17.1. The van der Waals surface area contributed by atoms with Crippen molar-refractivity contribution in [2.45, 2.75) is 113 Å². The minimum Gasteiger partial charge on any atom is -0.496 e. The third-order valence-electron chi connectivity index (χ3n) is 12.9. The molecule has 3 N–H and O–H groups in total. The number of sulfonamides is 1. The lowest BCUT2D eigenvalue weighted by Gasteiger charge is -2.32. The summed E-state index contributed by atoms with van der Waals surface area (Å²) in [5, 5.41) is 5.88. The van der Waals surface area contributed by atoms with E-state index in [9.17, 15) is 27.6 Å². The Morgan fingerprint density at radius 3 is 2.48 bits per heavy atom. The molecule has 3 aromatic rings. The van der Waals surface area contributed by atoms with E-state index in [4.69, 9.17) is 19.2 Å². The average Bonchev–Trinajstić information content (AvgIpc) is 4.12. The molecule has 60 heavy (non-hydrogen) atoms. The van der Waals surface area contributed by atoms with E-state index in [1.54, 1.807) is 7.11 Å². The highest BCUT2D eigenvalue weighted by molar-refractivity contribution is 7.91. The molecule has 8 rings (SSSR count). The molecule has 0 radical (unpaired) electrons. The van der Waals surface area contributed by atoms with Crippen LogP contribution in [-0.4, -0.2) is 91.4 Å². The Kier molecular flexibility index (Phi) is 11.8. The van der Waals surface area contributed by atoms with E-state index in [1.807, 2.05) is 55.5 Å². The number of amides is 4. The van der Waals surface area contributed by atoms with Gasteiger partial charge in [-0.1, -0.05) is 62.6 Å². The Balaban J connectivity index is 1.17. The molecular formula is C45H55N5O9S. The van der Waals surface area contributed by atoms with E-state index in [1.165, 1.54) is 11.0 Å². The number of ether oxygens (including phenoxy) is 3. The van der Waals surface area contributed by atoms with Crippen LogP contribution in [0.1, 0.15) is 83.1 Å². The van der Waals surface area contributed by atoms with Gasteiger partial charge in [0.05, 0.1) is 36.7 Å². The predicted octanol–water partition coefficient (Wildman–Crippen LogP) is 5.58. The number of rotatable bonds is 9. The molecule has 4 bridgehead atoms. The van der Waals surface area contributed by atoms with Crippen LogP contribution in [0.3, 0.4) is 0 Å². The molecule has 4 fully saturated rings. The molecule has 3 heterocycles. The number of benzene rings is 2. The van der Waals surface area contributed by atoms with Crippen molar-refractivity contribution >= 4 is 44.7 Å². The van der Waals surface area contributed by atoms with Crippen molar-refractivity contribution < 1.29 is 41.8 Å². The maximum absolute atomic E-state index is 14.9. The second-order valence-electron chi connectivity index (χ2n) is 17.3. The van der Waals surface area contributed by atoms with Crippen molar-refractivity contribution in [2.24, 2.45) is 17.8 Å². The summed E-state index contributed by atoms with van der Waals surface area (Å²) in [7, 11) is -2.27. The van der Waals surface area contributed by atoms with Crippen molar-refractivity contribution in [3.05, 3.63) is 66.7 Å². The second-order valence-corrected chi connectivity index (χ2v) is 19.3. The molecule has 4 amide bonds. The van der Waals surface area contributed by atoms with Gasteiger partial charge in [0.2, 0.25) is 21.8 Å².